The molecule has 2 aliphatic carbocycles. The number of carboxylic acids is 1. The molecule has 0 aromatic rings. The lowest BCUT2D eigenvalue weighted by atomic mass is 9.46. The van der Waals surface area contributed by atoms with E-state index in [9.17, 15) is 9.90 Å². The summed E-state index contributed by atoms with van der Waals surface area (Å²) in [5.74, 6) is 0.0202. The van der Waals surface area contributed by atoms with Crippen molar-refractivity contribution in [3.8, 4) is 0 Å². The van der Waals surface area contributed by atoms with Gasteiger partial charge in [-0.1, -0.05) is 49.8 Å². The molecule has 4 atom stereocenters. The molecule has 2 aliphatic rings. The first-order chi connectivity index (χ1) is 10.3. The Balaban J connectivity index is 2.36. The summed E-state index contributed by atoms with van der Waals surface area (Å²) in [6.07, 6.45) is 9.95. The van der Waals surface area contributed by atoms with Gasteiger partial charge in [-0.25, -0.2) is 0 Å². The van der Waals surface area contributed by atoms with Gasteiger partial charge in [-0.2, -0.15) is 0 Å². The lowest BCUT2D eigenvalue weighted by molar-refractivity contribution is -0.164. The quantitative estimate of drug-likeness (QED) is 0.559. The van der Waals surface area contributed by atoms with Crippen LogP contribution in [-0.2, 0) is 4.79 Å². The van der Waals surface area contributed by atoms with E-state index in [0.717, 1.165) is 38.5 Å². The first kappa shape index (κ1) is 17.1. The predicted octanol–water partition coefficient (Wildman–Crippen LogP) is 5.37. The van der Waals surface area contributed by atoms with Crippen molar-refractivity contribution in [2.45, 2.75) is 59.3 Å². The van der Waals surface area contributed by atoms with Gasteiger partial charge < -0.3 is 5.11 Å². The highest BCUT2D eigenvalue weighted by Gasteiger charge is 2.57. The summed E-state index contributed by atoms with van der Waals surface area (Å²) in [7, 11) is 0. The minimum atomic E-state index is -0.618. The van der Waals surface area contributed by atoms with Gasteiger partial charge in [0.15, 0.2) is 0 Å². The summed E-state index contributed by atoms with van der Waals surface area (Å²) < 4.78 is 0. The van der Waals surface area contributed by atoms with Crippen molar-refractivity contribution in [2.24, 2.45) is 22.7 Å². The molecule has 2 saturated carbocycles. The highest BCUT2D eigenvalue weighted by molar-refractivity contribution is 5.75. The van der Waals surface area contributed by atoms with Gasteiger partial charge in [0.25, 0.3) is 0 Å². The summed E-state index contributed by atoms with van der Waals surface area (Å²) in [6, 6.07) is 0. The molecule has 1 N–H and O–H groups in total. The fourth-order valence-electron chi connectivity index (χ4n) is 5.03. The molecule has 0 saturated heterocycles. The number of carbonyl (C=O) groups is 1. The molecule has 2 rings (SSSR count). The van der Waals surface area contributed by atoms with E-state index in [2.05, 4.69) is 33.1 Å². The summed E-state index contributed by atoms with van der Waals surface area (Å²) in [4.78, 5) is 11.9. The van der Waals surface area contributed by atoms with Crippen molar-refractivity contribution in [3.05, 3.63) is 36.5 Å². The van der Waals surface area contributed by atoms with Crippen LogP contribution in [0.15, 0.2) is 36.5 Å². The standard InChI is InChI=1S/C20H30O2/c1-6-14(2)8-10-16-15(3)9-11-17-19(16,4)12-7-13-20(17,5)18(21)22/h6,8,16-17H,1,3,7,9-13H2,2,4-5H3,(H,21,22)/b14-8-/t16-,17-,19-,20+/m1/s1. The predicted molar refractivity (Wildman–Crippen MR) is 91.6 cm³/mol. The Hall–Kier alpha value is -1.31. The zero-order valence-corrected chi connectivity index (χ0v) is 14.3. The van der Waals surface area contributed by atoms with Crippen molar-refractivity contribution in [1.82, 2.24) is 0 Å². The highest BCUT2D eigenvalue weighted by atomic mass is 16.4. The Bertz CT molecular complexity index is 516. The molecule has 2 nitrogen and oxygen atoms in total. The molecule has 0 aliphatic heterocycles. The van der Waals surface area contributed by atoms with Crippen LogP contribution in [0.25, 0.3) is 0 Å². The highest BCUT2D eigenvalue weighted by Crippen LogP contribution is 2.61. The van der Waals surface area contributed by atoms with Gasteiger partial charge in [-0.3, -0.25) is 4.79 Å². The van der Waals surface area contributed by atoms with E-state index in [-0.39, 0.29) is 11.3 Å². The van der Waals surface area contributed by atoms with E-state index < -0.39 is 11.4 Å². The minimum Gasteiger partial charge on any atom is -0.481 e. The third kappa shape index (κ3) is 2.68. The maximum absolute atomic E-state index is 11.9. The van der Waals surface area contributed by atoms with E-state index in [1.54, 1.807) is 0 Å². The van der Waals surface area contributed by atoms with Gasteiger partial charge in [0, 0.05) is 0 Å². The van der Waals surface area contributed by atoms with Crippen molar-refractivity contribution in [2.75, 3.05) is 0 Å². The monoisotopic (exact) mass is 302 g/mol. The second-order valence-electron chi connectivity index (χ2n) is 7.77. The smallest absolute Gasteiger partial charge is 0.309 e. The first-order valence-corrected chi connectivity index (χ1v) is 8.46. The number of rotatable bonds is 4. The van der Waals surface area contributed by atoms with Crippen LogP contribution in [0.5, 0.6) is 0 Å². The average molecular weight is 302 g/mol. The number of allylic oxidation sites excluding steroid dienone is 4. The van der Waals surface area contributed by atoms with Gasteiger partial charge in [-0.15, -0.1) is 0 Å². The molecule has 122 valence electrons. The van der Waals surface area contributed by atoms with Crippen molar-refractivity contribution in [3.63, 3.8) is 0 Å². The van der Waals surface area contributed by atoms with Crippen LogP contribution < -0.4 is 0 Å². The summed E-state index contributed by atoms with van der Waals surface area (Å²) in [6.45, 7) is 14.5. The fraction of sp³-hybridized carbons (Fsp3) is 0.650. The topological polar surface area (TPSA) is 37.3 Å². The number of hydrogen-bond acceptors (Lipinski definition) is 1. The number of fused-ring (bicyclic) bond motifs is 1. The van der Waals surface area contributed by atoms with Crippen LogP contribution in [0.2, 0.25) is 0 Å². The van der Waals surface area contributed by atoms with E-state index in [1.165, 1.54) is 11.1 Å². The molecule has 2 fully saturated rings. The van der Waals surface area contributed by atoms with E-state index >= 15 is 0 Å². The van der Waals surface area contributed by atoms with E-state index in [4.69, 9.17) is 0 Å². The van der Waals surface area contributed by atoms with Crippen LogP contribution >= 0.6 is 0 Å². The summed E-state index contributed by atoms with van der Waals surface area (Å²) in [5.41, 5.74) is 1.97. The molecule has 0 radical (unpaired) electrons. The second-order valence-corrected chi connectivity index (χ2v) is 7.77. The number of carboxylic acid groups (broad SMARTS) is 1. The molecule has 2 heteroatoms. The van der Waals surface area contributed by atoms with E-state index in [0.29, 0.717) is 5.92 Å². The van der Waals surface area contributed by atoms with Gasteiger partial charge >= 0.3 is 5.97 Å². The molecular formula is C20H30O2. The van der Waals surface area contributed by atoms with Crippen LogP contribution in [0.4, 0.5) is 0 Å². The Morgan fingerprint density at radius 1 is 1.41 bits per heavy atom. The maximum Gasteiger partial charge on any atom is 0.309 e. The van der Waals surface area contributed by atoms with Crippen molar-refractivity contribution < 1.29 is 9.90 Å². The van der Waals surface area contributed by atoms with Crippen LogP contribution in [0, 0.1) is 22.7 Å². The molecule has 0 aromatic carbocycles. The van der Waals surface area contributed by atoms with Crippen molar-refractivity contribution in [1.29, 1.82) is 0 Å². The van der Waals surface area contributed by atoms with Gasteiger partial charge in [0.05, 0.1) is 5.41 Å². The first-order valence-electron chi connectivity index (χ1n) is 8.46. The average Bonchev–Trinajstić information content (AvgIpc) is 2.45. The molecule has 22 heavy (non-hydrogen) atoms. The van der Waals surface area contributed by atoms with Crippen molar-refractivity contribution >= 4 is 5.97 Å². The van der Waals surface area contributed by atoms with Crippen LogP contribution in [0.1, 0.15) is 59.3 Å². The van der Waals surface area contributed by atoms with Gasteiger partial charge in [-0.05, 0) is 63.2 Å². The molecule has 0 spiro atoms. The Morgan fingerprint density at radius 3 is 2.68 bits per heavy atom. The largest absolute Gasteiger partial charge is 0.481 e. The zero-order chi connectivity index (χ0) is 16.5. The summed E-state index contributed by atoms with van der Waals surface area (Å²) >= 11 is 0. The molecule has 0 heterocycles. The zero-order valence-electron chi connectivity index (χ0n) is 14.3. The Labute approximate surface area is 135 Å². The number of hydrogen-bond donors (Lipinski definition) is 1. The molecule has 0 aromatic heterocycles. The van der Waals surface area contributed by atoms with E-state index in [1.807, 2.05) is 13.0 Å². The lowest BCUT2D eigenvalue weighted by Crippen LogP contribution is -2.53. The van der Waals surface area contributed by atoms with Crippen LogP contribution in [-0.4, -0.2) is 11.1 Å². The number of aliphatic carboxylic acids is 1. The SMILES string of the molecule is C=C/C(C)=C\C[C@@H]1C(=C)CC[C@@H]2[C@]1(C)CCC[C@]2(C)C(=O)O. The van der Waals surface area contributed by atoms with Crippen LogP contribution in [0.3, 0.4) is 0 Å². The van der Waals surface area contributed by atoms with Gasteiger partial charge in [0.1, 0.15) is 0 Å². The fourth-order valence-corrected chi connectivity index (χ4v) is 5.03. The Kier molecular flexibility index (Phi) is 4.70. The molecule has 0 unspecified atom stereocenters. The molecule has 0 bridgehead atoms. The second kappa shape index (κ2) is 6.06. The Morgan fingerprint density at radius 2 is 2.09 bits per heavy atom. The molecule has 0 amide bonds. The summed E-state index contributed by atoms with van der Waals surface area (Å²) in [5, 5.41) is 9.81. The third-order valence-corrected chi connectivity index (χ3v) is 6.51. The molecular weight excluding hydrogens is 272 g/mol. The lowest BCUT2D eigenvalue weighted by Gasteiger charge is -2.57. The minimum absolute atomic E-state index is 0.0542. The van der Waals surface area contributed by atoms with Gasteiger partial charge in [0.2, 0.25) is 0 Å². The normalized spacial score (nSPS) is 39.2. The maximum atomic E-state index is 11.9. The third-order valence-electron chi connectivity index (χ3n) is 6.51.